The molecule has 1 aromatic rings. The van der Waals surface area contributed by atoms with Crippen LogP contribution in [-0.4, -0.2) is 5.75 Å². The molecule has 0 bridgehead atoms. The van der Waals surface area contributed by atoms with Crippen molar-refractivity contribution in [3.05, 3.63) is 35.9 Å². The van der Waals surface area contributed by atoms with Crippen LogP contribution < -0.4 is 5.73 Å². The Balaban J connectivity index is 2.25. The minimum absolute atomic E-state index is 0.146. The Bertz CT molecular complexity index is 235. The number of benzene rings is 1. The lowest BCUT2D eigenvalue weighted by molar-refractivity contribution is 0.777. The number of hydrogen-bond donors (Lipinski definition) is 1. The highest BCUT2D eigenvalue weighted by atomic mass is 32.2. The van der Waals surface area contributed by atoms with Gasteiger partial charge < -0.3 is 5.73 Å². The molecular weight excluding hydrogens is 190 g/mol. The van der Waals surface area contributed by atoms with Crippen LogP contribution in [0.5, 0.6) is 0 Å². The maximum Gasteiger partial charge on any atom is 0.0764 e. The fourth-order valence-corrected chi connectivity index (χ4v) is 2.28. The molecule has 0 amide bonds. The van der Waals surface area contributed by atoms with E-state index >= 15 is 0 Å². The predicted molar refractivity (Wildman–Crippen MR) is 65.4 cm³/mol. The molecule has 78 valence electrons. The van der Waals surface area contributed by atoms with E-state index in [9.17, 15) is 0 Å². The molecule has 1 aromatic carbocycles. The molecule has 1 atom stereocenters. The Morgan fingerprint density at radius 1 is 1.21 bits per heavy atom. The first kappa shape index (κ1) is 11.6. The molecule has 0 saturated carbocycles. The zero-order valence-electron chi connectivity index (χ0n) is 8.78. The highest BCUT2D eigenvalue weighted by Crippen LogP contribution is 2.23. The Labute approximate surface area is 91.1 Å². The fraction of sp³-hybridized carbons (Fsp3) is 0.500. The van der Waals surface area contributed by atoms with Crippen LogP contribution in [0.25, 0.3) is 0 Å². The summed E-state index contributed by atoms with van der Waals surface area (Å²) in [6.07, 6.45) is 3.87. The maximum absolute atomic E-state index is 6.04. The molecule has 1 nitrogen and oxygen atoms in total. The lowest BCUT2D eigenvalue weighted by Crippen LogP contribution is -2.06. The highest BCUT2D eigenvalue weighted by molar-refractivity contribution is 7.99. The second kappa shape index (κ2) is 6.91. The van der Waals surface area contributed by atoms with Crippen molar-refractivity contribution in [2.45, 2.75) is 31.6 Å². The van der Waals surface area contributed by atoms with E-state index in [1.807, 2.05) is 30.0 Å². The summed E-state index contributed by atoms with van der Waals surface area (Å²) in [5.41, 5.74) is 7.27. The van der Waals surface area contributed by atoms with Crippen LogP contribution in [0, 0.1) is 0 Å². The van der Waals surface area contributed by atoms with E-state index in [1.165, 1.54) is 30.6 Å². The topological polar surface area (TPSA) is 26.0 Å². The van der Waals surface area contributed by atoms with E-state index in [0.29, 0.717) is 0 Å². The third-order valence-corrected chi connectivity index (χ3v) is 3.33. The van der Waals surface area contributed by atoms with Crippen molar-refractivity contribution < 1.29 is 0 Å². The summed E-state index contributed by atoms with van der Waals surface area (Å²) in [4.78, 5) is 0. The van der Waals surface area contributed by atoms with Crippen molar-refractivity contribution in [3.8, 4) is 0 Å². The predicted octanol–water partition coefficient (Wildman–Crippen LogP) is 3.57. The van der Waals surface area contributed by atoms with Gasteiger partial charge in [-0.15, -0.1) is 11.8 Å². The molecule has 0 spiro atoms. The number of hydrogen-bond acceptors (Lipinski definition) is 2. The van der Waals surface area contributed by atoms with Gasteiger partial charge in [-0.2, -0.15) is 0 Å². The van der Waals surface area contributed by atoms with Gasteiger partial charge in [0.05, 0.1) is 5.37 Å². The first-order valence-corrected chi connectivity index (χ1v) is 6.31. The first-order valence-electron chi connectivity index (χ1n) is 5.26. The van der Waals surface area contributed by atoms with Gasteiger partial charge in [0.2, 0.25) is 0 Å². The monoisotopic (exact) mass is 209 g/mol. The molecule has 0 heterocycles. The summed E-state index contributed by atoms with van der Waals surface area (Å²) in [6, 6.07) is 10.3. The van der Waals surface area contributed by atoms with Gasteiger partial charge in [-0.25, -0.2) is 0 Å². The van der Waals surface area contributed by atoms with E-state index in [1.54, 1.807) is 0 Å². The number of rotatable bonds is 6. The molecule has 0 aromatic heterocycles. The molecule has 0 aliphatic carbocycles. The smallest absolute Gasteiger partial charge is 0.0764 e. The van der Waals surface area contributed by atoms with Gasteiger partial charge in [0.1, 0.15) is 0 Å². The van der Waals surface area contributed by atoms with E-state index in [0.717, 1.165) is 0 Å². The number of unbranched alkanes of at least 4 members (excludes halogenated alkanes) is 2. The molecule has 0 aliphatic rings. The Kier molecular flexibility index (Phi) is 5.72. The first-order chi connectivity index (χ1) is 6.84. The van der Waals surface area contributed by atoms with Gasteiger partial charge in [-0.05, 0) is 17.7 Å². The Morgan fingerprint density at radius 2 is 1.93 bits per heavy atom. The molecule has 1 unspecified atom stereocenters. The van der Waals surface area contributed by atoms with Crippen LogP contribution >= 0.6 is 11.8 Å². The van der Waals surface area contributed by atoms with Crippen molar-refractivity contribution in [2.75, 3.05) is 5.75 Å². The minimum Gasteiger partial charge on any atom is -0.316 e. The van der Waals surface area contributed by atoms with Gasteiger partial charge in [0.15, 0.2) is 0 Å². The summed E-state index contributed by atoms with van der Waals surface area (Å²) < 4.78 is 0. The maximum atomic E-state index is 6.04. The normalized spacial score (nSPS) is 12.7. The zero-order chi connectivity index (χ0) is 10.2. The number of thioether (sulfide) groups is 1. The van der Waals surface area contributed by atoms with Crippen molar-refractivity contribution in [2.24, 2.45) is 5.73 Å². The largest absolute Gasteiger partial charge is 0.316 e. The van der Waals surface area contributed by atoms with E-state index in [2.05, 4.69) is 19.1 Å². The second-order valence-electron chi connectivity index (χ2n) is 3.41. The molecular formula is C12H19NS. The quantitative estimate of drug-likeness (QED) is 0.572. The van der Waals surface area contributed by atoms with Crippen molar-refractivity contribution in [1.29, 1.82) is 0 Å². The second-order valence-corrected chi connectivity index (χ2v) is 4.66. The molecule has 2 N–H and O–H groups in total. The van der Waals surface area contributed by atoms with E-state index in [4.69, 9.17) is 5.73 Å². The Morgan fingerprint density at radius 3 is 2.57 bits per heavy atom. The molecule has 0 radical (unpaired) electrons. The third kappa shape index (κ3) is 4.16. The molecule has 0 aliphatic heterocycles. The van der Waals surface area contributed by atoms with Gasteiger partial charge in [0, 0.05) is 0 Å². The number of nitrogens with two attached hydrogens (primary N) is 1. The van der Waals surface area contributed by atoms with Gasteiger partial charge in [0.25, 0.3) is 0 Å². The van der Waals surface area contributed by atoms with Crippen molar-refractivity contribution in [3.63, 3.8) is 0 Å². The average Bonchev–Trinajstić information content (AvgIpc) is 2.25. The summed E-state index contributed by atoms with van der Waals surface area (Å²) in [6.45, 7) is 2.22. The van der Waals surface area contributed by atoms with Crippen LogP contribution in [0.15, 0.2) is 30.3 Å². The molecule has 14 heavy (non-hydrogen) atoms. The standard InChI is InChI=1S/C12H19NS/c1-2-3-7-10-14-12(13)11-8-5-4-6-9-11/h4-6,8-9,12H,2-3,7,10,13H2,1H3. The summed E-state index contributed by atoms with van der Waals surface area (Å²) in [5.74, 6) is 1.17. The SMILES string of the molecule is CCCCCSC(N)c1ccccc1. The molecule has 2 heteroatoms. The summed E-state index contributed by atoms with van der Waals surface area (Å²) in [5, 5.41) is 0.146. The van der Waals surface area contributed by atoms with Crippen LogP contribution in [0.1, 0.15) is 37.1 Å². The van der Waals surface area contributed by atoms with Crippen molar-refractivity contribution >= 4 is 11.8 Å². The van der Waals surface area contributed by atoms with Crippen LogP contribution in [-0.2, 0) is 0 Å². The van der Waals surface area contributed by atoms with Gasteiger partial charge in [-0.1, -0.05) is 50.1 Å². The Hall–Kier alpha value is -0.470. The zero-order valence-corrected chi connectivity index (χ0v) is 9.59. The van der Waals surface area contributed by atoms with Crippen molar-refractivity contribution in [1.82, 2.24) is 0 Å². The fourth-order valence-electron chi connectivity index (χ4n) is 1.30. The van der Waals surface area contributed by atoms with Gasteiger partial charge in [-0.3, -0.25) is 0 Å². The van der Waals surface area contributed by atoms with Crippen LogP contribution in [0.4, 0.5) is 0 Å². The highest BCUT2D eigenvalue weighted by Gasteiger charge is 2.04. The summed E-state index contributed by atoms with van der Waals surface area (Å²) >= 11 is 1.85. The molecule has 0 fully saturated rings. The third-order valence-electron chi connectivity index (χ3n) is 2.17. The average molecular weight is 209 g/mol. The van der Waals surface area contributed by atoms with E-state index in [-0.39, 0.29) is 5.37 Å². The molecule has 0 saturated heterocycles. The van der Waals surface area contributed by atoms with Crippen LogP contribution in [0.3, 0.4) is 0 Å². The van der Waals surface area contributed by atoms with Gasteiger partial charge >= 0.3 is 0 Å². The minimum atomic E-state index is 0.146. The lowest BCUT2D eigenvalue weighted by Gasteiger charge is -2.10. The van der Waals surface area contributed by atoms with E-state index < -0.39 is 0 Å². The molecule has 1 rings (SSSR count). The lowest BCUT2D eigenvalue weighted by atomic mass is 10.2. The summed E-state index contributed by atoms with van der Waals surface area (Å²) in [7, 11) is 0. The van der Waals surface area contributed by atoms with Crippen LogP contribution in [0.2, 0.25) is 0 Å².